The first-order chi connectivity index (χ1) is 20.3. The maximum atomic E-state index is 13.0. The monoisotopic (exact) mass is 630 g/mol. The summed E-state index contributed by atoms with van der Waals surface area (Å²) in [6, 6.07) is 10.2. The molecule has 2 aromatic carbocycles. The second-order valence-electron chi connectivity index (χ2n) is 11.1. The average Bonchev–Trinajstić information content (AvgIpc) is 3.57. The van der Waals surface area contributed by atoms with Crippen LogP contribution in [0.1, 0.15) is 35.2 Å². The van der Waals surface area contributed by atoms with Crippen molar-refractivity contribution in [2.45, 2.75) is 43.6 Å². The molecular weight excluding hydrogens is 597 g/mol. The lowest BCUT2D eigenvalue weighted by molar-refractivity contribution is -0.192. The molecule has 236 valence electrons. The highest BCUT2D eigenvalue weighted by atomic mass is 35.5. The van der Waals surface area contributed by atoms with Crippen molar-refractivity contribution < 1.29 is 52.7 Å². The van der Waals surface area contributed by atoms with E-state index in [1.807, 2.05) is 18.2 Å². The van der Waals surface area contributed by atoms with Crippen molar-refractivity contribution in [1.82, 2.24) is 9.80 Å². The number of amides is 1. The first-order valence-electron chi connectivity index (χ1n) is 13.8. The predicted molar refractivity (Wildman–Crippen MR) is 149 cm³/mol. The van der Waals surface area contributed by atoms with Crippen molar-refractivity contribution in [3.05, 3.63) is 52.5 Å². The summed E-state index contributed by atoms with van der Waals surface area (Å²) in [6.45, 7) is 3.18. The molecule has 3 heterocycles. The molecule has 10 nitrogen and oxygen atoms in total. The van der Waals surface area contributed by atoms with Gasteiger partial charge in [-0.3, -0.25) is 4.79 Å². The molecule has 1 spiro atoms. The SMILES string of the molecule is O=C(O)C(F)(F)F.O=C(c1ccc(O)cc1OC[C@@H](O)CN1CCC2(CC1)Cc1cc(Cl)ccc1O2)N1CCC(CO)C1. The third-order valence-electron chi connectivity index (χ3n) is 7.80. The van der Waals surface area contributed by atoms with Crippen molar-refractivity contribution in [3.63, 3.8) is 0 Å². The molecule has 4 N–H and O–H groups in total. The molecule has 3 aliphatic heterocycles. The molecule has 2 saturated heterocycles. The normalized spacial score (nSPS) is 20.1. The van der Waals surface area contributed by atoms with Gasteiger partial charge in [0.05, 0.1) is 5.56 Å². The van der Waals surface area contributed by atoms with E-state index in [4.69, 9.17) is 31.0 Å². The molecule has 2 atom stereocenters. The fourth-order valence-corrected chi connectivity index (χ4v) is 5.70. The smallest absolute Gasteiger partial charge is 0.490 e. The topological polar surface area (TPSA) is 140 Å². The highest BCUT2D eigenvalue weighted by Crippen LogP contribution is 2.42. The van der Waals surface area contributed by atoms with E-state index in [2.05, 4.69) is 4.90 Å². The van der Waals surface area contributed by atoms with Crippen molar-refractivity contribution >= 4 is 23.5 Å². The number of aliphatic hydroxyl groups excluding tert-OH is 2. The number of hydrogen-bond acceptors (Lipinski definition) is 8. The lowest BCUT2D eigenvalue weighted by Gasteiger charge is -2.39. The number of carboxylic acids is 1. The van der Waals surface area contributed by atoms with Crippen LogP contribution < -0.4 is 9.47 Å². The van der Waals surface area contributed by atoms with Gasteiger partial charge in [0.15, 0.2) is 0 Å². The Morgan fingerprint density at radius 1 is 1.14 bits per heavy atom. The summed E-state index contributed by atoms with van der Waals surface area (Å²) in [6.07, 6.45) is -2.49. The standard InChI is InChI=1S/C27H33ClN2O6.C2HF3O2/c28-20-1-4-24-19(11-20)13-27(36-24)6-9-29(10-7-27)15-22(33)17-35-25-12-21(32)2-3-23(25)26(34)30-8-5-18(14-30)16-31;3-2(4,5)1(6)7/h1-4,11-12,18,22,31-33H,5-10,13-17H2;(H,6,7)/t18?,22-;/m0./s1. The molecule has 2 fully saturated rings. The summed E-state index contributed by atoms with van der Waals surface area (Å²) in [4.78, 5) is 25.8. The zero-order valence-electron chi connectivity index (χ0n) is 23.2. The van der Waals surface area contributed by atoms with Crippen LogP contribution in [0.2, 0.25) is 5.02 Å². The number of carbonyl (C=O) groups excluding carboxylic acids is 1. The van der Waals surface area contributed by atoms with Crippen LogP contribution in [0.4, 0.5) is 13.2 Å². The van der Waals surface area contributed by atoms with Gasteiger partial charge in [0, 0.05) is 75.6 Å². The van der Waals surface area contributed by atoms with E-state index in [1.165, 1.54) is 12.1 Å². The number of fused-ring (bicyclic) bond motifs is 1. The molecule has 1 unspecified atom stereocenters. The molecule has 5 rings (SSSR count). The minimum atomic E-state index is -5.08. The number of aliphatic carboxylic acids is 1. The van der Waals surface area contributed by atoms with Gasteiger partial charge >= 0.3 is 12.1 Å². The number of carbonyl (C=O) groups is 2. The second-order valence-corrected chi connectivity index (χ2v) is 11.5. The van der Waals surface area contributed by atoms with Crippen LogP contribution in [0.3, 0.4) is 0 Å². The summed E-state index contributed by atoms with van der Waals surface area (Å²) < 4.78 is 43.9. The highest BCUT2D eigenvalue weighted by molar-refractivity contribution is 6.30. The number of likely N-dealkylation sites (tertiary alicyclic amines) is 2. The number of phenolic OH excluding ortho intramolecular Hbond substituents is 1. The first kappa shape index (κ1) is 32.6. The highest BCUT2D eigenvalue weighted by Gasteiger charge is 2.42. The molecule has 0 bridgehead atoms. The van der Waals surface area contributed by atoms with E-state index >= 15 is 0 Å². The number of benzene rings is 2. The van der Waals surface area contributed by atoms with E-state index in [-0.39, 0.29) is 42.1 Å². The fourth-order valence-electron chi connectivity index (χ4n) is 5.50. The molecule has 0 aromatic heterocycles. The maximum absolute atomic E-state index is 13.0. The minimum Gasteiger partial charge on any atom is -0.508 e. The number of hydrogen-bond donors (Lipinski definition) is 4. The van der Waals surface area contributed by atoms with Gasteiger partial charge in [0.1, 0.15) is 35.6 Å². The Bertz CT molecular complexity index is 1300. The van der Waals surface area contributed by atoms with Crippen LogP contribution >= 0.6 is 11.6 Å². The summed E-state index contributed by atoms with van der Waals surface area (Å²) in [5.74, 6) is -1.71. The second kappa shape index (κ2) is 13.6. The number of nitrogens with zero attached hydrogens (tertiary/aromatic N) is 2. The number of β-amino-alcohol motifs (C(OH)–C–C–N with tert-alkyl or cyclic N) is 1. The molecule has 43 heavy (non-hydrogen) atoms. The fraction of sp³-hybridized carbons (Fsp3) is 0.517. The van der Waals surface area contributed by atoms with E-state index in [9.17, 15) is 33.3 Å². The predicted octanol–water partition coefficient (Wildman–Crippen LogP) is 3.34. The van der Waals surface area contributed by atoms with E-state index < -0.39 is 18.2 Å². The molecule has 2 aromatic rings. The number of ether oxygens (including phenoxy) is 2. The number of alkyl halides is 3. The van der Waals surface area contributed by atoms with Crippen LogP contribution in [-0.4, -0.2) is 106 Å². The van der Waals surface area contributed by atoms with Gasteiger partial charge in [0.2, 0.25) is 0 Å². The van der Waals surface area contributed by atoms with Gasteiger partial charge in [-0.05, 0) is 42.3 Å². The van der Waals surface area contributed by atoms with Crippen LogP contribution in [0, 0.1) is 5.92 Å². The van der Waals surface area contributed by atoms with Crippen LogP contribution in [-0.2, 0) is 11.2 Å². The number of aromatic hydroxyl groups is 1. The molecule has 0 radical (unpaired) electrons. The largest absolute Gasteiger partial charge is 0.508 e. The third-order valence-corrected chi connectivity index (χ3v) is 8.03. The Balaban J connectivity index is 0.000000541. The zero-order valence-corrected chi connectivity index (χ0v) is 24.0. The molecular formula is C29H34ClF3N2O8. The van der Waals surface area contributed by atoms with Crippen molar-refractivity contribution in [1.29, 1.82) is 0 Å². The Labute approximate surface area is 251 Å². The number of rotatable bonds is 7. The number of carboxylic acid groups (broad SMARTS) is 1. The van der Waals surface area contributed by atoms with E-state index in [1.54, 1.807) is 11.0 Å². The maximum Gasteiger partial charge on any atom is 0.490 e. The van der Waals surface area contributed by atoms with Crippen molar-refractivity contribution in [2.24, 2.45) is 5.92 Å². The van der Waals surface area contributed by atoms with Crippen LogP contribution in [0.5, 0.6) is 17.2 Å². The molecule has 3 aliphatic rings. The zero-order chi connectivity index (χ0) is 31.4. The summed E-state index contributed by atoms with van der Waals surface area (Å²) >= 11 is 6.14. The number of halogens is 4. The van der Waals surface area contributed by atoms with Crippen LogP contribution in [0.25, 0.3) is 0 Å². The number of piperidine rings is 1. The van der Waals surface area contributed by atoms with Crippen molar-refractivity contribution in [3.8, 4) is 17.2 Å². The Kier molecular flexibility index (Phi) is 10.3. The summed E-state index contributed by atoms with van der Waals surface area (Å²) in [5.41, 5.74) is 1.30. The summed E-state index contributed by atoms with van der Waals surface area (Å²) in [5, 5.41) is 37.8. The molecule has 14 heteroatoms. The average molecular weight is 631 g/mol. The Morgan fingerprint density at radius 3 is 2.47 bits per heavy atom. The first-order valence-corrected chi connectivity index (χ1v) is 14.2. The third kappa shape index (κ3) is 8.43. The van der Waals surface area contributed by atoms with E-state index in [0.717, 1.165) is 55.1 Å². The van der Waals surface area contributed by atoms with E-state index in [0.29, 0.717) is 25.2 Å². The molecule has 0 aliphatic carbocycles. The lowest BCUT2D eigenvalue weighted by Crippen LogP contribution is -2.49. The number of aliphatic hydroxyl groups is 2. The Morgan fingerprint density at radius 2 is 1.84 bits per heavy atom. The van der Waals surface area contributed by atoms with Crippen LogP contribution in [0.15, 0.2) is 36.4 Å². The number of phenols is 1. The Hall–Kier alpha value is -3.26. The lowest BCUT2D eigenvalue weighted by atomic mass is 9.87. The van der Waals surface area contributed by atoms with Crippen molar-refractivity contribution in [2.75, 3.05) is 45.9 Å². The minimum absolute atomic E-state index is 0.00504. The summed E-state index contributed by atoms with van der Waals surface area (Å²) in [7, 11) is 0. The van der Waals surface area contributed by atoms with Gasteiger partial charge < -0.3 is 39.7 Å². The molecule has 0 saturated carbocycles. The molecule has 1 amide bonds. The van der Waals surface area contributed by atoms with Gasteiger partial charge in [0.25, 0.3) is 5.91 Å². The quantitative estimate of drug-likeness (QED) is 0.363. The van der Waals surface area contributed by atoms with Gasteiger partial charge in [-0.2, -0.15) is 13.2 Å². The van der Waals surface area contributed by atoms with Gasteiger partial charge in [-0.1, -0.05) is 11.6 Å². The van der Waals surface area contributed by atoms with Gasteiger partial charge in [-0.15, -0.1) is 0 Å². The van der Waals surface area contributed by atoms with Gasteiger partial charge in [-0.25, -0.2) is 4.79 Å².